The van der Waals surface area contributed by atoms with Crippen molar-refractivity contribution >= 4 is 5.69 Å². The van der Waals surface area contributed by atoms with E-state index in [1.807, 2.05) is 0 Å². The normalized spacial score (nSPS) is 15.6. The van der Waals surface area contributed by atoms with Crippen molar-refractivity contribution in [2.75, 3.05) is 18.0 Å². The minimum Gasteiger partial charge on any atom is -0.370 e. The average Bonchev–Trinajstić information content (AvgIpc) is 2.71. The largest absolute Gasteiger partial charge is 0.370 e. The molecule has 72 valence electrons. The van der Waals surface area contributed by atoms with E-state index in [2.05, 4.69) is 15.8 Å². The van der Waals surface area contributed by atoms with E-state index in [4.69, 9.17) is 6.42 Å². The molecule has 2 heterocycles. The van der Waals surface area contributed by atoms with Crippen LogP contribution in [-0.2, 0) is 0 Å². The minimum atomic E-state index is -0.560. The zero-order valence-corrected chi connectivity index (χ0v) is 7.83. The molecule has 0 amide bonds. The molecule has 3 heteroatoms. The molecule has 1 saturated heterocycles. The predicted octanol–water partition coefficient (Wildman–Crippen LogP) is 1.80. The van der Waals surface area contributed by atoms with Gasteiger partial charge in [0.2, 0.25) is 5.95 Å². The second-order valence-electron chi connectivity index (χ2n) is 3.37. The van der Waals surface area contributed by atoms with Gasteiger partial charge in [0.05, 0.1) is 17.4 Å². The Labute approximate surface area is 82.8 Å². The van der Waals surface area contributed by atoms with Crippen molar-refractivity contribution < 1.29 is 4.39 Å². The standard InChI is InChI=1S/C11H11FN2/c1-2-9-7-10(8-13-11(9)12)14-5-3-4-6-14/h1,7-8H,3-6H2. The smallest absolute Gasteiger partial charge is 0.228 e. The van der Waals surface area contributed by atoms with Crippen LogP contribution in [0.15, 0.2) is 12.3 Å². The molecular formula is C11H11FN2. The van der Waals surface area contributed by atoms with Crippen molar-refractivity contribution in [3.63, 3.8) is 0 Å². The lowest BCUT2D eigenvalue weighted by molar-refractivity contribution is 0.580. The lowest BCUT2D eigenvalue weighted by Crippen LogP contribution is -2.18. The van der Waals surface area contributed by atoms with E-state index < -0.39 is 5.95 Å². The fourth-order valence-electron chi connectivity index (χ4n) is 1.69. The van der Waals surface area contributed by atoms with Crippen LogP contribution in [0, 0.1) is 18.3 Å². The summed E-state index contributed by atoms with van der Waals surface area (Å²) < 4.78 is 13.0. The molecule has 0 spiro atoms. The molecule has 0 saturated carbocycles. The minimum absolute atomic E-state index is 0.245. The molecule has 0 aromatic carbocycles. The fourth-order valence-corrected chi connectivity index (χ4v) is 1.69. The summed E-state index contributed by atoms with van der Waals surface area (Å²) in [4.78, 5) is 5.82. The summed E-state index contributed by atoms with van der Waals surface area (Å²) in [5.41, 5.74) is 1.17. The summed E-state index contributed by atoms with van der Waals surface area (Å²) in [6.07, 6.45) is 9.08. The van der Waals surface area contributed by atoms with Crippen molar-refractivity contribution in [3.05, 3.63) is 23.8 Å². The van der Waals surface area contributed by atoms with E-state index >= 15 is 0 Å². The van der Waals surface area contributed by atoms with Gasteiger partial charge in [-0.15, -0.1) is 6.42 Å². The zero-order valence-electron chi connectivity index (χ0n) is 7.83. The van der Waals surface area contributed by atoms with Crippen LogP contribution in [0.5, 0.6) is 0 Å². The summed E-state index contributed by atoms with van der Waals surface area (Å²) in [7, 11) is 0. The first-order valence-corrected chi connectivity index (χ1v) is 4.68. The molecule has 2 rings (SSSR count). The summed E-state index contributed by atoms with van der Waals surface area (Å²) >= 11 is 0. The highest BCUT2D eigenvalue weighted by Crippen LogP contribution is 2.20. The maximum absolute atomic E-state index is 13.0. The van der Waals surface area contributed by atoms with Gasteiger partial charge in [0, 0.05) is 13.1 Å². The molecule has 1 aromatic heterocycles. The van der Waals surface area contributed by atoms with Gasteiger partial charge in [-0.1, -0.05) is 5.92 Å². The molecule has 2 nitrogen and oxygen atoms in total. The topological polar surface area (TPSA) is 16.1 Å². The van der Waals surface area contributed by atoms with Crippen molar-refractivity contribution in [1.29, 1.82) is 0 Å². The molecule has 1 fully saturated rings. The molecule has 0 radical (unpaired) electrons. The van der Waals surface area contributed by atoms with Crippen LogP contribution in [0.25, 0.3) is 0 Å². The molecule has 0 aliphatic carbocycles. The molecule has 0 unspecified atom stereocenters. The highest BCUT2D eigenvalue weighted by Gasteiger charge is 2.13. The van der Waals surface area contributed by atoms with E-state index in [1.165, 1.54) is 12.8 Å². The number of halogens is 1. The van der Waals surface area contributed by atoms with Crippen LogP contribution in [0.2, 0.25) is 0 Å². The maximum Gasteiger partial charge on any atom is 0.228 e. The number of aromatic nitrogens is 1. The van der Waals surface area contributed by atoms with Gasteiger partial charge in [0.1, 0.15) is 0 Å². The predicted molar refractivity (Wildman–Crippen MR) is 53.6 cm³/mol. The van der Waals surface area contributed by atoms with Gasteiger partial charge < -0.3 is 4.90 Å². The summed E-state index contributed by atoms with van der Waals surface area (Å²) in [6.45, 7) is 2.02. The Morgan fingerprint density at radius 2 is 2.14 bits per heavy atom. The van der Waals surface area contributed by atoms with Gasteiger partial charge in [-0.2, -0.15) is 4.39 Å². The molecule has 0 atom stereocenters. The first-order valence-electron chi connectivity index (χ1n) is 4.68. The fraction of sp³-hybridized carbons (Fsp3) is 0.364. The van der Waals surface area contributed by atoms with E-state index in [0.717, 1.165) is 18.8 Å². The Balaban J connectivity index is 2.31. The monoisotopic (exact) mass is 190 g/mol. The highest BCUT2D eigenvalue weighted by molar-refractivity contribution is 5.50. The highest BCUT2D eigenvalue weighted by atomic mass is 19.1. The second kappa shape index (κ2) is 3.67. The third-order valence-electron chi connectivity index (χ3n) is 2.45. The van der Waals surface area contributed by atoms with Crippen LogP contribution in [0.4, 0.5) is 10.1 Å². The van der Waals surface area contributed by atoms with E-state index in [0.29, 0.717) is 0 Å². The third-order valence-corrected chi connectivity index (χ3v) is 2.45. The van der Waals surface area contributed by atoms with Crippen LogP contribution in [-0.4, -0.2) is 18.1 Å². The van der Waals surface area contributed by atoms with Gasteiger partial charge in [-0.25, -0.2) is 4.98 Å². The molecule has 14 heavy (non-hydrogen) atoms. The van der Waals surface area contributed by atoms with Gasteiger partial charge in [-0.05, 0) is 18.9 Å². The lowest BCUT2D eigenvalue weighted by atomic mass is 10.2. The molecule has 1 aromatic rings. The number of nitrogens with zero attached hydrogens (tertiary/aromatic N) is 2. The number of terminal acetylenes is 1. The SMILES string of the molecule is C#Cc1cc(N2CCCC2)cnc1F. The van der Waals surface area contributed by atoms with Crippen molar-refractivity contribution in [2.45, 2.75) is 12.8 Å². The molecular weight excluding hydrogens is 179 g/mol. The van der Waals surface area contributed by atoms with Gasteiger partial charge in [0.15, 0.2) is 0 Å². The first-order chi connectivity index (χ1) is 6.81. The van der Waals surface area contributed by atoms with Gasteiger partial charge in [0.25, 0.3) is 0 Å². The van der Waals surface area contributed by atoms with E-state index in [9.17, 15) is 4.39 Å². The van der Waals surface area contributed by atoms with Crippen LogP contribution < -0.4 is 4.90 Å². The molecule has 0 N–H and O–H groups in total. The Hall–Kier alpha value is -1.56. The number of hydrogen-bond acceptors (Lipinski definition) is 2. The Bertz CT molecular complexity index is 375. The van der Waals surface area contributed by atoms with Gasteiger partial charge in [-0.3, -0.25) is 0 Å². The quantitative estimate of drug-likeness (QED) is 0.496. The molecule has 1 aliphatic rings. The Morgan fingerprint density at radius 3 is 2.79 bits per heavy atom. The average molecular weight is 190 g/mol. The first kappa shape index (κ1) is 9.01. The zero-order chi connectivity index (χ0) is 9.97. The second-order valence-corrected chi connectivity index (χ2v) is 3.37. The maximum atomic E-state index is 13.0. The summed E-state index contributed by atoms with van der Waals surface area (Å²) in [5.74, 6) is 1.74. The molecule has 1 aliphatic heterocycles. The number of anilines is 1. The number of hydrogen-bond donors (Lipinski definition) is 0. The summed E-state index contributed by atoms with van der Waals surface area (Å²) in [5, 5.41) is 0. The van der Waals surface area contributed by atoms with Crippen molar-refractivity contribution in [3.8, 4) is 12.3 Å². The van der Waals surface area contributed by atoms with E-state index in [1.54, 1.807) is 12.3 Å². The van der Waals surface area contributed by atoms with E-state index in [-0.39, 0.29) is 5.56 Å². The Morgan fingerprint density at radius 1 is 1.43 bits per heavy atom. The Kier molecular flexibility index (Phi) is 2.36. The van der Waals surface area contributed by atoms with Crippen molar-refractivity contribution in [1.82, 2.24) is 4.98 Å². The van der Waals surface area contributed by atoms with Crippen LogP contribution >= 0.6 is 0 Å². The third kappa shape index (κ3) is 1.56. The van der Waals surface area contributed by atoms with Gasteiger partial charge >= 0.3 is 0 Å². The van der Waals surface area contributed by atoms with Crippen LogP contribution in [0.3, 0.4) is 0 Å². The number of pyridine rings is 1. The van der Waals surface area contributed by atoms with Crippen molar-refractivity contribution in [2.24, 2.45) is 0 Å². The summed E-state index contributed by atoms with van der Waals surface area (Å²) in [6, 6.07) is 1.69. The lowest BCUT2D eigenvalue weighted by Gasteiger charge is -2.16. The molecule has 0 bridgehead atoms. The number of rotatable bonds is 1. The van der Waals surface area contributed by atoms with Crippen LogP contribution in [0.1, 0.15) is 18.4 Å².